The molecular formula is C43H25N3S. The van der Waals surface area contributed by atoms with Crippen LogP contribution in [-0.4, -0.2) is 9.13 Å². The molecule has 0 unspecified atom stereocenters. The summed E-state index contributed by atoms with van der Waals surface area (Å²) in [6.07, 6.45) is 0. The Balaban J connectivity index is 1.23. The molecule has 7 aromatic carbocycles. The topological polar surface area (TPSA) is 33.6 Å². The van der Waals surface area contributed by atoms with Gasteiger partial charge in [-0.3, -0.25) is 0 Å². The number of hydrogen-bond acceptors (Lipinski definition) is 2. The number of aromatic nitrogens is 2. The molecule has 10 aromatic rings. The Labute approximate surface area is 274 Å². The van der Waals surface area contributed by atoms with Crippen LogP contribution in [0.15, 0.2) is 152 Å². The normalized spacial score (nSPS) is 11.8. The minimum atomic E-state index is 0.662. The molecule has 218 valence electrons. The predicted octanol–water partition coefficient (Wildman–Crippen LogP) is 11.8. The van der Waals surface area contributed by atoms with Gasteiger partial charge in [0.15, 0.2) is 0 Å². The summed E-state index contributed by atoms with van der Waals surface area (Å²) in [5.41, 5.74) is 9.86. The molecule has 0 saturated carbocycles. The van der Waals surface area contributed by atoms with E-state index >= 15 is 0 Å². The van der Waals surface area contributed by atoms with E-state index in [2.05, 4.69) is 155 Å². The van der Waals surface area contributed by atoms with Crippen molar-refractivity contribution in [3.8, 4) is 28.6 Å². The summed E-state index contributed by atoms with van der Waals surface area (Å²) in [6.45, 7) is 0. The summed E-state index contributed by atoms with van der Waals surface area (Å²) in [7, 11) is 0. The first-order valence-electron chi connectivity index (χ1n) is 15.7. The first kappa shape index (κ1) is 26.1. The molecule has 0 aliphatic rings. The van der Waals surface area contributed by atoms with Crippen LogP contribution in [0.3, 0.4) is 0 Å². The molecule has 0 spiro atoms. The first-order valence-corrected chi connectivity index (χ1v) is 16.6. The highest BCUT2D eigenvalue weighted by Gasteiger charge is 2.19. The second kappa shape index (κ2) is 9.92. The summed E-state index contributed by atoms with van der Waals surface area (Å²) >= 11 is 1.86. The molecule has 47 heavy (non-hydrogen) atoms. The third kappa shape index (κ3) is 3.78. The quantitative estimate of drug-likeness (QED) is 0.195. The standard InChI is InChI=1S/C43H25N3S/c44-26-27-17-22-39-35(23-27)37-24-36-32-11-4-6-15-38(32)45(29-9-2-1-3-10-29)40(36)25-41(37)46(39)30-20-18-28(19-21-30)31-13-8-14-34-33-12-5-7-16-42(33)47-43(31)34/h1-25H. The molecule has 0 fully saturated rings. The molecule has 4 heteroatoms. The zero-order chi connectivity index (χ0) is 31.1. The van der Waals surface area contributed by atoms with Gasteiger partial charge in [0.1, 0.15) is 0 Å². The molecule has 0 saturated heterocycles. The average molecular weight is 616 g/mol. The highest BCUT2D eigenvalue weighted by atomic mass is 32.1. The summed E-state index contributed by atoms with van der Waals surface area (Å²) in [4.78, 5) is 0. The Morgan fingerprint density at radius 3 is 1.89 bits per heavy atom. The number of hydrogen-bond donors (Lipinski definition) is 0. The minimum absolute atomic E-state index is 0.662. The average Bonchev–Trinajstić information content (AvgIpc) is 3.78. The summed E-state index contributed by atoms with van der Waals surface area (Å²) in [6, 6.07) is 56.5. The van der Waals surface area contributed by atoms with Crippen LogP contribution in [0.1, 0.15) is 5.56 Å². The fourth-order valence-corrected chi connectivity index (χ4v) is 8.69. The Kier molecular flexibility index (Phi) is 5.51. The Hall–Kier alpha value is -6.15. The van der Waals surface area contributed by atoms with E-state index in [9.17, 15) is 5.26 Å². The van der Waals surface area contributed by atoms with Crippen molar-refractivity contribution in [2.45, 2.75) is 0 Å². The van der Waals surface area contributed by atoms with Crippen molar-refractivity contribution in [2.24, 2.45) is 0 Å². The largest absolute Gasteiger partial charge is 0.309 e. The number of benzene rings is 7. The van der Waals surface area contributed by atoms with E-state index in [1.807, 2.05) is 23.5 Å². The molecule has 0 bridgehead atoms. The molecule has 0 atom stereocenters. The number of thiophene rings is 1. The van der Waals surface area contributed by atoms with Crippen LogP contribution >= 0.6 is 11.3 Å². The number of rotatable bonds is 3. The van der Waals surface area contributed by atoms with Crippen molar-refractivity contribution in [1.82, 2.24) is 9.13 Å². The zero-order valence-electron chi connectivity index (χ0n) is 25.2. The Bertz CT molecular complexity index is 2900. The monoisotopic (exact) mass is 615 g/mol. The van der Waals surface area contributed by atoms with Gasteiger partial charge >= 0.3 is 0 Å². The van der Waals surface area contributed by atoms with Gasteiger partial charge in [0.2, 0.25) is 0 Å². The van der Waals surface area contributed by atoms with Crippen molar-refractivity contribution in [3.63, 3.8) is 0 Å². The zero-order valence-corrected chi connectivity index (χ0v) is 26.0. The van der Waals surface area contributed by atoms with Gasteiger partial charge in [-0.05, 0) is 77.9 Å². The third-order valence-electron chi connectivity index (χ3n) is 9.54. The van der Waals surface area contributed by atoms with Gasteiger partial charge in [-0.25, -0.2) is 0 Å². The van der Waals surface area contributed by atoms with Crippen LogP contribution < -0.4 is 0 Å². The fraction of sp³-hybridized carbons (Fsp3) is 0. The van der Waals surface area contributed by atoms with Crippen LogP contribution in [-0.2, 0) is 0 Å². The molecule has 3 nitrogen and oxygen atoms in total. The van der Waals surface area contributed by atoms with Gasteiger partial charge < -0.3 is 9.13 Å². The number of para-hydroxylation sites is 2. The highest BCUT2D eigenvalue weighted by Crippen LogP contribution is 2.42. The SMILES string of the molecule is N#Cc1ccc2c(c1)c1cc3c4ccccc4n(-c4ccccc4)c3cc1n2-c1ccc(-c2cccc3c2sc2ccccc23)cc1. The molecule has 0 aliphatic heterocycles. The maximum Gasteiger partial charge on any atom is 0.0991 e. The molecule has 0 amide bonds. The van der Waals surface area contributed by atoms with Crippen LogP contribution in [0.25, 0.3) is 86.3 Å². The molecule has 0 radical (unpaired) electrons. The molecule has 0 aliphatic carbocycles. The van der Waals surface area contributed by atoms with Crippen molar-refractivity contribution in [2.75, 3.05) is 0 Å². The van der Waals surface area contributed by atoms with E-state index < -0.39 is 0 Å². The maximum absolute atomic E-state index is 9.84. The van der Waals surface area contributed by atoms with Crippen LogP contribution in [0, 0.1) is 11.3 Å². The molecule has 3 heterocycles. The van der Waals surface area contributed by atoms with E-state index in [1.54, 1.807) is 0 Å². The number of fused-ring (bicyclic) bond motifs is 9. The van der Waals surface area contributed by atoms with E-state index in [4.69, 9.17) is 0 Å². The van der Waals surface area contributed by atoms with Crippen LogP contribution in [0.2, 0.25) is 0 Å². The van der Waals surface area contributed by atoms with Crippen molar-refractivity contribution in [3.05, 3.63) is 157 Å². The van der Waals surface area contributed by atoms with Crippen LogP contribution in [0.5, 0.6) is 0 Å². The molecule has 0 N–H and O–H groups in total. The van der Waals surface area contributed by atoms with Gasteiger partial charge in [0, 0.05) is 53.1 Å². The van der Waals surface area contributed by atoms with Crippen molar-refractivity contribution < 1.29 is 0 Å². The van der Waals surface area contributed by atoms with Gasteiger partial charge in [0.25, 0.3) is 0 Å². The Morgan fingerprint density at radius 2 is 1.09 bits per heavy atom. The lowest BCUT2D eigenvalue weighted by molar-refractivity contribution is 1.16. The second-order valence-electron chi connectivity index (χ2n) is 12.1. The summed E-state index contributed by atoms with van der Waals surface area (Å²) < 4.78 is 7.34. The van der Waals surface area contributed by atoms with Crippen molar-refractivity contribution >= 4 is 75.1 Å². The van der Waals surface area contributed by atoms with Crippen LogP contribution in [0.4, 0.5) is 0 Å². The maximum atomic E-state index is 9.84. The summed E-state index contributed by atoms with van der Waals surface area (Å²) in [5, 5.41) is 17.1. The lowest BCUT2D eigenvalue weighted by Crippen LogP contribution is -1.96. The fourth-order valence-electron chi connectivity index (χ4n) is 7.45. The van der Waals surface area contributed by atoms with E-state index in [0.29, 0.717) is 5.56 Å². The van der Waals surface area contributed by atoms with Gasteiger partial charge in [0.05, 0.1) is 33.7 Å². The second-order valence-corrected chi connectivity index (χ2v) is 13.1. The smallest absolute Gasteiger partial charge is 0.0991 e. The van der Waals surface area contributed by atoms with Crippen molar-refractivity contribution in [1.29, 1.82) is 5.26 Å². The third-order valence-corrected chi connectivity index (χ3v) is 10.8. The van der Waals surface area contributed by atoms with E-state index in [-0.39, 0.29) is 0 Å². The minimum Gasteiger partial charge on any atom is -0.309 e. The first-order chi connectivity index (χ1) is 23.3. The number of nitrogens with zero attached hydrogens (tertiary/aromatic N) is 3. The highest BCUT2D eigenvalue weighted by molar-refractivity contribution is 7.26. The van der Waals surface area contributed by atoms with Gasteiger partial charge in [-0.2, -0.15) is 5.26 Å². The Morgan fingerprint density at radius 1 is 0.447 bits per heavy atom. The lowest BCUT2D eigenvalue weighted by atomic mass is 10.0. The van der Waals surface area contributed by atoms with Gasteiger partial charge in [-0.15, -0.1) is 11.3 Å². The van der Waals surface area contributed by atoms with Gasteiger partial charge in [-0.1, -0.05) is 84.9 Å². The molecule has 3 aromatic heterocycles. The molecule has 10 rings (SSSR count). The molecular weight excluding hydrogens is 591 g/mol. The number of nitriles is 1. The van der Waals surface area contributed by atoms with E-state index in [0.717, 1.165) is 38.7 Å². The lowest BCUT2D eigenvalue weighted by Gasteiger charge is -2.11. The predicted molar refractivity (Wildman–Crippen MR) is 198 cm³/mol. The summed E-state index contributed by atoms with van der Waals surface area (Å²) in [5.74, 6) is 0. The van der Waals surface area contributed by atoms with E-state index in [1.165, 1.54) is 47.6 Å².